The normalized spacial score (nSPS) is 11.0. The predicted octanol–water partition coefficient (Wildman–Crippen LogP) is 1.13. The number of aromatic amines is 2. The van der Waals surface area contributed by atoms with Crippen LogP contribution >= 0.6 is 11.6 Å². The molecular formula is C11H9ClN6O. The molecule has 3 rings (SSSR count). The van der Waals surface area contributed by atoms with Crippen molar-refractivity contribution < 1.29 is 0 Å². The standard InChI is InChI=1S/C11H9ClN6O/c12-6-3-4(13)1-2-5(6)8-15-7-9(16-8)17-11(14)18-10(7)19/h1-3H,13H2,(H4,14,15,16,17,18,19). The number of benzene rings is 1. The second-order valence-electron chi connectivity index (χ2n) is 3.97. The van der Waals surface area contributed by atoms with Crippen LogP contribution in [0.25, 0.3) is 22.6 Å². The number of hydrogen-bond donors (Lipinski definition) is 4. The summed E-state index contributed by atoms with van der Waals surface area (Å²) in [6.45, 7) is 0. The first-order chi connectivity index (χ1) is 9.04. The van der Waals surface area contributed by atoms with E-state index in [2.05, 4.69) is 19.9 Å². The van der Waals surface area contributed by atoms with Crippen LogP contribution in [0.5, 0.6) is 0 Å². The molecule has 7 nitrogen and oxygen atoms in total. The Labute approximate surface area is 111 Å². The summed E-state index contributed by atoms with van der Waals surface area (Å²) in [4.78, 5) is 25.1. The number of halogens is 1. The Balaban J connectivity index is 2.26. The molecule has 0 radical (unpaired) electrons. The lowest BCUT2D eigenvalue weighted by molar-refractivity contribution is 1.17. The maximum Gasteiger partial charge on any atom is 0.278 e. The van der Waals surface area contributed by atoms with Crippen LogP contribution in [0.1, 0.15) is 0 Å². The van der Waals surface area contributed by atoms with Crippen LogP contribution in [0.3, 0.4) is 0 Å². The number of rotatable bonds is 1. The summed E-state index contributed by atoms with van der Waals surface area (Å²) in [5.74, 6) is 0.447. The number of nitrogens with zero attached hydrogens (tertiary/aromatic N) is 2. The van der Waals surface area contributed by atoms with Crippen molar-refractivity contribution in [2.24, 2.45) is 0 Å². The van der Waals surface area contributed by atoms with Gasteiger partial charge in [0.1, 0.15) is 5.82 Å². The van der Waals surface area contributed by atoms with Crippen molar-refractivity contribution in [3.8, 4) is 11.4 Å². The molecule has 0 aliphatic heterocycles. The van der Waals surface area contributed by atoms with Crippen LogP contribution in [0.4, 0.5) is 11.6 Å². The van der Waals surface area contributed by atoms with E-state index in [1.807, 2.05) is 0 Å². The van der Waals surface area contributed by atoms with Gasteiger partial charge in [-0.15, -0.1) is 0 Å². The van der Waals surface area contributed by atoms with Gasteiger partial charge < -0.3 is 16.5 Å². The van der Waals surface area contributed by atoms with Crippen LogP contribution in [-0.2, 0) is 0 Å². The molecule has 0 amide bonds. The van der Waals surface area contributed by atoms with Crippen LogP contribution < -0.4 is 17.0 Å². The number of nitrogen functional groups attached to an aromatic ring is 2. The SMILES string of the molecule is Nc1ccc(-c2nc3nc(N)[nH]c(=O)c3[nH]2)c(Cl)c1. The largest absolute Gasteiger partial charge is 0.399 e. The highest BCUT2D eigenvalue weighted by Gasteiger charge is 2.12. The van der Waals surface area contributed by atoms with E-state index >= 15 is 0 Å². The molecule has 0 spiro atoms. The number of imidazole rings is 1. The molecule has 0 bridgehead atoms. The summed E-state index contributed by atoms with van der Waals surface area (Å²) >= 11 is 6.09. The first-order valence-corrected chi connectivity index (χ1v) is 5.73. The summed E-state index contributed by atoms with van der Waals surface area (Å²) in [5.41, 5.74) is 12.4. The third-order valence-electron chi connectivity index (χ3n) is 2.63. The molecule has 6 N–H and O–H groups in total. The smallest absolute Gasteiger partial charge is 0.278 e. The van der Waals surface area contributed by atoms with Crippen molar-refractivity contribution in [3.63, 3.8) is 0 Å². The quantitative estimate of drug-likeness (QED) is 0.496. The van der Waals surface area contributed by atoms with E-state index < -0.39 is 0 Å². The lowest BCUT2D eigenvalue weighted by Crippen LogP contribution is -2.10. The zero-order valence-corrected chi connectivity index (χ0v) is 10.3. The van der Waals surface area contributed by atoms with Gasteiger partial charge >= 0.3 is 0 Å². The Bertz CT molecular complexity index is 837. The molecule has 0 aliphatic carbocycles. The third-order valence-corrected chi connectivity index (χ3v) is 2.94. The summed E-state index contributed by atoms with van der Waals surface area (Å²) in [6.07, 6.45) is 0. The van der Waals surface area contributed by atoms with E-state index in [1.165, 1.54) is 0 Å². The molecule has 3 aromatic rings. The number of aromatic nitrogens is 4. The summed E-state index contributed by atoms with van der Waals surface area (Å²) < 4.78 is 0. The number of fused-ring (bicyclic) bond motifs is 1. The van der Waals surface area contributed by atoms with Gasteiger partial charge in [-0.05, 0) is 18.2 Å². The van der Waals surface area contributed by atoms with Gasteiger partial charge in [0.25, 0.3) is 5.56 Å². The van der Waals surface area contributed by atoms with E-state index in [9.17, 15) is 4.79 Å². The van der Waals surface area contributed by atoms with E-state index in [1.54, 1.807) is 18.2 Å². The van der Waals surface area contributed by atoms with Crippen molar-refractivity contribution in [2.45, 2.75) is 0 Å². The minimum Gasteiger partial charge on any atom is -0.399 e. The number of nitrogens with one attached hydrogen (secondary N) is 2. The average Bonchev–Trinajstić information content (AvgIpc) is 2.72. The molecule has 0 atom stereocenters. The molecular weight excluding hydrogens is 268 g/mol. The highest BCUT2D eigenvalue weighted by Crippen LogP contribution is 2.28. The topological polar surface area (TPSA) is 126 Å². The highest BCUT2D eigenvalue weighted by atomic mass is 35.5. The lowest BCUT2D eigenvalue weighted by Gasteiger charge is -2.01. The fourth-order valence-corrected chi connectivity index (χ4v) is 2.05. The van der Waals surface area contributed by atoms with Gasteiger partial charge in [-0.3, -0.25) is 9.78 Å². The molecule has 2 heterocycles. The van der Waals surface area contributed by atoms with Crippen molar-refractivity contribution in [2.75, 3.05) is 11.5 Å². The minimum absolute atomic E-state index is 0.0129. The second kappa shape index (κ2) is 3.99. The van der Waals surface area contributed by atoms with Gasteiger partial charge in [0.15, 0.2) is 11.2 Å². The summed E-state index contributed by atoms with van der Waals surface area (Å²) in [5, 5.41) is 0.434. The van der Waals surface area contributed by atoms with Crippen LogP contribution in [-0.4, -0.2) is 19.9 Å². The van der Waals surface area contributed by atoms with Crippen LogP contribution in [0, 0.1) is 0 Å². The van der Waals surface area contributed by atoms with Gasteiger partial charge in [-0.25, -0.2) is 4.98 Å². The Morgan fingerprint density at radius 2 is 1.95 bits per heavy atom. The van der Waals surface area contributed by atoms with E-state index in [0.29, 0.717) is 22.1 Å². The number of anilines is 2. The average molecular weight is 277 g/mol. The van der Waals surface area contributed by atoms with Gasteiger partial charge in [0.2, 0.25) is 5.95 Å². The molecule has 0 saturated carbocycles. The zero-order valence-electron chi connectivity index (χ0n) is 9.57. The van der Waals surface area contributed by atoms with Crippen molar-refractivity contribution in [1.82, 2.24) is 19.9 Å². The Morgan fingerprint density at radius 1 is 1.16 bits per heavy atom. The van der Waals surface area contributed by atoms with Gasteiger partial charge in [0, 0.05) is 11.3 Å². The fourth-order valence-electron chi connectivity index (χ4n) is 1.78. The van der Waals surface area contributed by atoms with Crippen LogP contribution in [0.15, 0.2) is 23.0 Å². The fraction of sp³-hybridized carbons (Fsp3) is 0. The molecule has 0 aliphatic rings. The van der Waals surface area contributed by atoms with Crippen molar-refractivity contribution >= 4 is 34.4 Å². The van der Waals surface area contributed by atoms with E-state index in [-0.39, 0.29) is 22.7 Å². The summed E-state index contributed by atoms with van der Waals surface area (Å²) in [7, 11) is 0. The van der Waals surface area contributed by atoms with Gasteiger partial charge in [0.05, 0.1) is 5.02 Å². The van der Waals surface area contributed by atoms with Gasteiger partial charge in [-0.2, -0.15) is 4.98 Å². The molecule has 2 aromatic heterocycles. The number of nitrogens with two attached hydrogens (primary N) is 2. The molecule has 96 valence electrons. The maximum atomic E-state index is 11.7. The van der Waals surface area contributed by atoms with E-state index in [4.69, 9.17) is 23.1 Å². The predicted molar refractivity (Wildman–Crippen MR) is 73.8 cm³/mol. The number of hydrogen-bond acceptors (Lipinski definition) is 5. The van der Waals surface area contributed by atoms with Crippen molar-refractivity contribution in [3.05, 3.63) is 33.6 Å². The summed E-state index contributed by atoms with van der Waals surface area (Å²) in [6, 6.07) is 5.02. The first-order valence-electron chi connectivity index (χ1n) is 5.35. The molecule has 0 saturated heterocycles. The zero-order chi connectivity index (χ0) is 13.6. The molecule has 1 aromatic carbocycles. The molecule has 0 unspecified atom stereocenters. The van der Waals surface area contributed by atoms with E-state index in [0.717, 1.165) is 0 Å². The van der Waals surface area contributed by atoms with Gasteiger partial charge in [-0.1, -0.05) is 11.6 Å². The second-order valence-corrected chi connectivity index (χ2v) is 4.38. The maximum absolute atomic E-state index is 11.7. The minimum atomic E-state index is -0.382. The third kappa shape index (κ3) is 1.89. The monoisotopic (exact) mass is 276 g/mol. The molecule has 19 heavy (non-hydrogen) atoms. The Morgan fingerprint density at radius 3 is 2.68 bits per heavy atom. The lowest BCUT2D eigenvalue weighted by atomic mass is 10.2. The molecule has 8 heteroatoms. The first kappa shape index (κ1) is 11.5. The Kier molecular flexibility index (Phi) is 2.42. The van der Waals surface area contributed by atoms with Crippen LogP contribution in [0.2, 0.25) is 5.02 Å². The Hall–Kier alpha value is -2.54. The van der Waals surface area contributed by atoms with Crippen molar-refractivity contribution in [1.29, 1.82) is 0 Å². The molecule has 0 fully saturated rings. The number of H-pyrrole nitrogens is 2. The highest BCUT2D eigenvalue weighted by molar-refractivity contribution is 6.33.